The molecule has 2 aromatic rings. The van der Waals surface area contributed by atoms with E-state index in [0.717, 1.165) is 19.3 Å². The number of nitrogens with zero attached hydrogens (tertiary/aromatic N) is 3. The van der Waals surface area contributed by atoms with Gasteiger partial charge >= 0.3 is 0 Å². The van der Waals surface area contributed by atoms with Crippen LogP contribution in [0.3, 0.4) is 0 Å². The minimum Gasteiger partial charge on any atom is -0.472 e. The molecular formula is C26H32FN3O4. The van der Waals surface area contributed by atoms with Gasteiger partial charge in [0.2, 0.25) is 11.8 Å². The Morgan fingerprint density at radius 2 is 2.06 bits per heavy atom. The van der Waals surface area contributed by atoms with E-state index in [1.165, 1.54) is 12.3 Å². The number of hydrogen-bond acceptors (Lipinski definition) is 5. The molecule has 1 aromatic heterocycles. The standard InChI is InChI=1S/C26H32FN3O4/c1-16-13-30(17(2)15-31)26(33)21-11-19(20-9-4-5-10-22(20)27)12-28-24(21)34-23(16)14-29(3)25(32)18-7-6-8-18/h4-5,9-12,16-18,23,31H,6-8,13-15H2,1-3H3/t16-,17+,23-/m0/s1. The third-order valence-electron chi connectivity index (χ3n) is 6.99. The van der Waals surface area contributed by atoms with E-state index < -0.39 is 18.0 Å². The normalized spacial score (nSPS) is 21.6. The molecule has 2 aliphatic rings. The summed E-state index contributed by atoms with van der Waals surface area (Å²) in [6, 6.07) is 7.49. The van der Waals surface area contributed by atoms with Crippen molar-refractivity contribution in [3.8, 4) is 17.0 Å². The molecule has 0 bridgehead atoms. The average Bonchev–Trinajstić information content (AvgIpc) is 2.79. The fourth-order valence-corrected chi connectivity index (χ4v) is 4.49. The maximum absolute atomic E-state index is 14.4. The molecular weight excluding hydrogens is 437 g/mol. The van der Waals surface area contributed by atoms with Gasteiger partial charge in [-0.05, 0) is 31.9 Å². The molecule has 3 atom stereocenters. The number of amides is 2. The summed E-state index contributed by atoms with van der Waals surface area (Å²) in [6.45, 7) is 4.26. The van der Waals surface area contributed by atoms with Crippen LogP contribution in [-0.4, -0.2) is 70.6 Å². The number of aromatic nitrogens is 1. The highest BCUT2D eigenvalue weighted by atomic mass is 19.1. The molecule has 1 aliphatic heterocycles. The Labute approximate surface area is 199 Å². The highest BCUT2D eigenvalue weighted by Gasteiger charge is 2.36. The molecule has 0 radical (unpaired) electrons. The number of rotatable bonds is 6. The lowest BCUT2D eigenvalue weighted by Crippen LogP contribution is -2.51. The van der Waals surface area contributed by atoms with Gasteiger partial charge in [0.25, 0.3) is 5.91 Å². The van der Waals surface area contributed by atoms with Crippen LogP contribution in [-0.2, 0) is 4.79 Å². The van der Waals surface area contributed by atoms with Crippen LogP contribution in [0.2, 0.25) is 0 Å². The van der Waals surface area contributed by atoms with E-state index in [2.05, 4.69) is 4.98 Å². The molecule has 8 heteroatoms. The molecule has 34 heavy (non-hydrogen) atoms. The van der Waals surface area contributed by atoms with E-state index in [1.807, 2.05) is 6.92 Å². The summed E-state index contributed by atoms with van der Waals surface area (Å²) in [5.41, 5.74) is 1.02. The monoisotopic (exact) mass is 469 g/mol. The fourth-order valence-electron chi connectivity index (χ4n) is 4.49. The fraction of sp³-hybridized carbons (Fsp3) is 0.500. The van der Waals surface area contributed by atoms with Gasteiger partial charge in [-0.15, -0.1) is 0 Å². The van der Waals surface area contributed by atoms with Crippen LogP contribution in [0.5, 0.6) is 5.88 Å². The van der Waals surface area contributed by atoms with Crippen molar-refractivity contribution in [3.63, 3.8) is 0 Å². The number of aliphatic hydroxyl groups is 1. The van der Waals surface area contributed by atoms with Gasteiger partial charge in [-0.2, -0.15) is 0 Å². The lowest BCUT2D eigenvalue weighted by atomic mass is 9.84. The zero-order valence-electron chi connectivity index (χ0n) is 19.9. The second kappa shape index (κ2) is 10.1. The van der Waals surface area contributed by atoms with Crippen molar-refractivity contribution in [1.82, 2.24) is 14.8 Å². The molecule has 182 valence electrons. The molecule has 2 heterocycles. The van der Waals surface area contributed by atoms with Crippen LogP contribution >= 0.6 is 0 Å². The first-order valence-corrected chi connectivity index (χ1v) is 11.9. The third-order valence-corrected chi connectivity index (χ3v) is 6.99. The first-order valence-electron chi connectivity index (χ1n) is 11.9. The van der Waals surface area contributed by atoms with Crippen molar-refractivity contribution in [2.45, 2.75) is 45.3 Å². The SMILES string of the molecule is C[C@H](CO)N1C[C@H](C)[C@H](CN(C)C(=O)C2CCC2)Oc2ncc(-c3ccccc3F)cc2C1=O. The van der Waals surface area contributed by atoms with Gasteiger partial charge in [0.05, 0.1) is 19.2 Å². The van der Waals surface area contributed by atoms with E-state index >= 15 is 0 Å². The van der Waals surface area contributed by atoms with Gasteiger partial charge in [-0.1, -0.05) is 31.5 Å². The summed E-state index contributed by atoms with van der Waals surface area (Å²) < 4.78 is 20.7. The average molecular weight is 470 g/mol. The van der Waals surface area contributed by atoms with Crippen LogP contribution in [0, 0.1) is 17.7 Å². The molecule has 1 N–H and O–H groups in total. The Morgan fingerprint density at radius 3 is 2.71 bits per heavy atom. The maximum atomic E-state index is 14.4. The topological polar surface area (TPSA) is 83.0 Å². The highest BCUT2D eigenvalue weighted by molar-refractivity contribution is 5.98. The molecule has 4 rings (SSSR count). The molecule has 0 saturated heterocycles. The van der Waals surface area contributed by atoms with E-state index in [9.17, 15) is 19.1 Å². The second-order valence-corrected chi connectivity index (χ2v) is 9.53. The number of likely N-dealkylation sites (N-methyl/N-ethyl adjacent to an activating group) is 1. The Bertz CT molecular complexity index is 1060. The van der Waals surface area contributed by atoms with Crippen molar-refractivity contribution in [2.75, 3.05) is 26.7 Å². The Hall–Kier alpha value is -3.00. The molecule has 0 unspecified atom stereocenters. The number of aliphatic hydroxyl groups excluding tert-OH is 1. The van der Waals surface area contributed by atoms with Crippen LogP contribution in [0.15, 0.2) is 36.5 Å². The van der Waals surface area contributed by atoms with E-state index in [-0.39, 0.29) is 41.7 Å². The number of pyridine rings is 1. The second-order valence-electron chi connectivity index (χ2n) is 9.53. The van der Waals surface area contributed by atoms with Crippen molar-refractivity contribution < 1.29 is 23.8 Å². The molecule has 1 aromatic carbocycles. The predicted molar refractivity (Wildman–Crippen MR) is 126 cm³/mol. The van der Waals surface area contributed by atoms with E-state index in [4.69, 9.17) is 4.74 Å². The van der Waals surface area contributed by atoms with Gasteiger partial charge in [0, 0.05) is 42.8 Å². The van der Waals surface area contributed by atoms with Crippen molar-refractivity contribution in [3.05, 3.63) is 47.9 Å². The molecule has 0 spiro atoms. The first kappa shape index (κ1) is 24.1. The zero-order chi connectivity index (χ0) is 24.4. The molecule has 1 saturated carbocycles. The lowest BCUT2D eigenvalue weighted by molar-refractivity contribution is -0.138. The van der Waals surface area contributed by atoms with Gasteiger partial charge in [0.1, 0.15) is 17.5 Å². The van der Waals surface area contributed by atoms with Crippen molar-refractivity contribution in [2.24, 2.45) is 11.8 Å². The van der Waals surface area contributed by atoms with Crippen LogP contribution in [0.4, 0.5) is 4.39 Å². The number of benzene rings is 1. The summed E-state index contributed by atoms with van der Waals surface area (Å²) in [4.78, 5) is 34.0. The van der Waals surface area contributed by atoms with Crippen molar-refractivity contribution >= 4 is 11.8 Å². The van der Waals surface area contributed by atoms with Crippen LogP contribution < -0.4 is 4.74 Å². The minimum absolute atomic E-state index is 0.0788. The molecule has 1 aliphatic carbocycles. The van der Waals surface area contributed by atoms with Crippen LogP contribution in [0.25, 0.3) is 11.1 Å². The van der Waals surface area contributed by atoms with E-state index in [0.29, 0.717) is 24.2 Å². The Kier molecular flexibility index (Phi) is 7.16. The largest absolute Gasteiger partial charge is 0.472 e. The molecule has 7 nitrogen and oxygen atoms in total. The number of ether oxygens (including phenoxy) is 1. The Balaban J connectivity index is 1.69. The number of halogens is 1. The number of carbonyl (C=O) groups excluding carboxylic acids is 2. The first-order chi connectivity index (χ1) is 16.3. The number of hydrogen-bond donors (Lipinski definition) is 1. The van der Waals surface area contributed by atoms with Gasteiger partial charge < -0.3 is 19.6 Å². The lowest BCUT2D eigenvalue weighted by Gasteiger charge is -2.38. The number of carbonyl (C=O) groups is 2. The Morgan fingerprint density at radius 1 is 1.32 bits per heavy atom. The predicted octanol–water partition coefficient (Wildman–Crippen LogP) is 3.37. The van der Waals surface area contributed by atoms with E-state index in [1.54, 1.807) is 48.0 Å². The molecule has 2 amide bonds. The van der Waals surface area contributed by atoms with Crippen molar-refractivity contribution in [1.29, 1.82) is 0 Å². The summed E-state index contributed by atoms with van der Waals surface area (Å²) in [7, 11) is 1.78. The molecule has 1 fully saturated rings. The van der Waals surface area contributed by atoms with Crippen LogP contribution in [0.1, 0.15) is 43.5 Å². The summed E-state index contributed by atoms with van der Waals surface area (Å²) in [5.74, 6) is -0.505. The summed E-state index contributed by atoms with van der Waals surface area (Å²) in [5, 5.41) is 9.81. The van der Waals surface area contributed by atoms with Gasteiger partial charge in [-0.3, -0.25) is 9.59 Å². The van der Waals surface area contributed by atoms with Gasteiger partial charge in [-0.25, -0.2) is 9.37 Å². The maximum Gasteiger partial charge on any atom is 0.259 e. The quantitative estimate of drug-likeness (QED) is 0.702. The number of fused-ring (bicyclic) bond motifs is 1. The van der Waals surface area contributed by atoms with Gasteiger partial charge in [0.15, 0.2) is 0 Å². The summed E-state index contributed by atoms with van der Waals surface area (Å²) >= 11 is 0. The third kappa shape index (κ3) is 4.78. The minimum atomic E-state index is -0.423. The zero-order valence-corrected chi connectivity index (χ0v) is 19.9. The highest BCUT2D eigenvalue weighted by Crippen LogP contribution is 2.32. The summed E-state index contributed by atoms with van der Waals surface area (Å²) in [6.07, 6.45) is 4.02. The smallest absolute Gasteiger partial charge is 0.259 e.